The maximum atomic E-state index is 12.8. The Labute approximate surface area is 177 Å². The number of aldehydes is 1. The van der Waals surface area contributed by atoms with E-state index in [4.69, 9.17) is 0 Å². The average Bonchev–Trinajstić information content (AvgIpc) is 2.83. The van der Waals surface area contributed by atoms with E-state index >= 15 is 0 Å². The summed E-state index contributed by atoms with van der Waals surface area (Å²) in [6.45, 7) is 2.23. The molecule has 0 bridgehead atoms. The molecule has 0 saturated carbocycles. The van der Waals surface area contributed by atoms with Crippen LogP contribution in [-0.2, 0) is 11.3 Å². The predicted molar refractivity (Wildman–Crippen MR) is 120 cm³/mol. The Hall–Kier alpha value is -3.40. The third-order valence-corrected chi connectivity index (χ3v) is 5.82. The van der Waals surface area contributed by atoms with Crippen molar-refractivity contribution in [2.75, 3.05) is 18.0 Å². The number of carbonyl (C=O) groups is 2. The number of hydrogen-bond acceptors (Lipinski definition) is 3. The lowest BCUT2D eigenvalue weighted by molar-refractivity contribution is -0.125. The number of nitrogens with zero attached hydrogens (tertiary/aromatic N) is 1. The number of amides is 1. The van der Waals surface area contributed by atoms with Crippen LogP contribution in [-0.4, -0.2) is 25.3 Å². The summed E-state index contributed by atoms with van der Waals surface area (Å²) in [5.41, 5.74) is 5.24. The summed E-state index contributed by atoms with van der Waals surface area (Å²) in [6.07, 6.45) is 2.53. The van der Waals surface area contributed by atoms with Crippen LogP contribution in [0, 0.1) is 5.92 Å². The van der Waals surface area contributed by atoms with Crippen LogP contribution in [0.25, 0.3) is 11.1 Å². The van der Waals surface area contributed by atoms with Crippen molar-refractivity contribution >= 4 is 17.9 Å². The number of anilines is 1. The molecule has 3 aromatic rings. The summed E-state index contributed by atoms with van der Waals surface area (Å²) in [5.74, 6) is 0.174. The molecule has 0 atom stereocenters. The molecule has 4 rings (SSSR count). The van der Waals surface area contributed by atoms with Crippen molar-refractivity contribution in [2.24, 2.45) is 5.92 Å². The highest BCUT2D eigenvalue weighted by Crippen LogP contribution is 2.25. The zero-order valence-corrected chi connectivity index (χ0v) is 17.0. The van der Waals surface area contributed by atoms with E-state index in [1.54, 1.807) is 0 Å². The van der Waals surface area contributed by atoms with E-state index in [-0.39, 0.29) is 11.8 Å². The smallest absolute Gasteiger partial charge is 0.223 e. The van der Waals surface area contributed by atoms with Gasteiger partial charge in [0.15, 0.2) is 0 Å². The summed E-state index contributed by atoms with van der Waals surface area (Å²) in [6, 6.07) is 26.1. The summed E-state index contributed by atoms with van der Waals surface area (Å²) in [5, 5.41) is 3.15. The second-order valence-corrected chi connectivity index (χ2v) is 7.71. The van der Waals surface area contributed by atoms with E-state index in [0.29, 0.717) is 12.1 Å². The Balaban J connectivity index is 1.33. The van der Waals surface area contributed by atoms with Crippen molar-refractivity contribution < 1.29 is 9.59 Å². The molecule has 0 aromatic heterocycles. The minimum Gasteiger partial charge on any atom is -0.371 e. The van der Waals surface area contributed by atoms with E-state index in [0.717, 1.165) is 54.6 Å². The minimum atomic E-state index is 0.0411. The second-order valence-electron chi connectivity index (χ2n) is 7.71. The van der Waals surface area contributed by atoms with Crippen LogP contribution in [0.2, 0.25) is 0 Å². The molecule has 1 N–H and O–H groups in total. The lowest BCUT2D eigenvalue weighted by atomic mass is 9.95. The first-order valence-electron chi connectivity index (χ1n) is 10.5. The van der Waals surface area contributed by atoms with Crippen LogP contribution in [0.15, 0.2) is 78.9 Å². The minimum absolute atomic E-state index is 0.0411. The maximum Gasteiger partial charge on any atom is 0.223 e. The number of rotatable bonds is 6. The molecule has 0 radical (unpaired) electrons. The zero-order valence-electron chi connectivity index (χ0n) is 17.0. The Bertz CT molecular complexity index is 991. The highest BCUT2D eigenvalue weighted by molar-refractivity contribution is 5.79. The van der Waals surface area contributed by atoms with Crippen molar-refractivity contribution in [1.29, 1.82) is 0 Å². The first-order valence-corrected chi connectivity index (χ1v) is 10.5. The highest BCUT2D eigenvalue weighted by atomic mass is 16.1. The molecule has 0 unspecified atom stereocenters. The third-order valence-electron chi connectivity index (χ3n) is 5.82. The van der Waals surface area contributed by atoms with Gasteiger partial charge in [-0.25, -0.2) is 0 Å². The van der Waals surface area contributed by atoms with Gasteiger partial charge in [0.1, 0.15) is 6.29 Å². The summed E-state index contributed by atoms with van der Waals surface area (Å²) < 4.78 is 0. The standard InChI is InChI=1S/C26H26N2O2/c29-19-20-10-12-24(13-11-20)28-16-14-22(15-17-28)26(30)27-18-23-8-4-5-9-25(23)21-6-2-1-3-7-21/h1-13,19,22H,14-18H2,(H,27,30). The van der Waals surface area contributed by atoms with Crippen LogP contribution in [0.3, 0.4) is 0 Å². The van der Waals surface area contributed by atoms with Gasteiger partial charge in [-0.05, 0) is 53.8 Å². The van der Waals surface area contributed by atoms with Crippen LogP contribution in [0.5, 0.6) is 0 Å². The molecular weight excluding hydrogens is 372 g/mol. The number of piperidine rings is 1. The van der Waals surface area contributed by atoms with Gasteiger partial charge < -0.3 is 10.2 Å². The normalized spacial score (nSPS) is 14.3. The molecule has 3 aromatic carbocycles. The summed E-state index contributed by atoms with van der Waals surface area (Å²) >= 11 is 0. The summed E-state index contributed by atoms with van der Waals surface area (Å²) in [7, 11) is 0. The van der Waals surface area contributed by atoms with E-state index in [9.17, 15) is 9.59 Å². The first-order chi connectivity index (χ1) is 14.7. The van der Waals surface area contributed by atoms with Gasteiger partial charge in [-0.3, -0.25) is 9.59 Å². The lowest BCUT2D eigenvalue weighted by Gasteiger charge is -2.33. The molecule has 152 valence electrons. The fourth-order valence-electron chi connectivity index (χ4n) is 4.06. The van der Waals surface area contributed by atoms with Gasteiger partial charge >= 0.3 is 0 Å². The quantitative estimate of drug-likeness (QED) is 0.613. The fraction of sp³-hybridized carbons (Fsp3) is 0.231. The van der Waals surface area contributed by atoms with Crippen LogP contribution < -0.4 is 10.2 Å². The molecule has 1 aliphatic rings. The van der Waals surface area contributed by atoms with Crippen molar-refractivity contribution in [3.05, 3.63) is 90.0 Å². The molecule has 4 nitrogen and oxygen atoms in total. The summed E-state index contributed by atoms with van der Waals surface area (Å²) in [4.78, 5) is 25.9. The number of benzene rings is 3. The molecule has 1 aliphatic heterocycles. The monoisotopic (exact) mass is 398 g/mol. The third kappa shape index (κ3) is 4.60. The fourth-order valence-corrected chi connectivity index (χ4v) is 4.06. The Morgan fingerprint density at radius 1 is 0.900 bits per heavy atom. The van der Waals surface area contributed by atoms with Crippen LogP contribution in [0.1, 0.15) is 28.8 Å². The molecule has 1 fully saturated rings. The Morgan fingerprint density at radius 3 is 2.27 bits per heavy atom. The van der Waals surface area contributed by atoms with Gasteiger partial charge in [0, 0.05) is 36.8 Å². The molecule has 0 spiro atoms. The van der Waals surface area contributed by atoms with Gasteiger partial charge in [0.05, 0.1) is 0 Å². The van der Waals surface area contributed by atoms with Gasteiger partial charge in [0.25, 0.3) is 0 Å². The van der Waals surface area contributed by atoms with Gasteiger partial charge in [-0.2, -0.15) is 0 Å². The van der Waals surface area contributed by atoms with Crippen molar-refractivity contribution in [3.8, 4) is 11.1 Å². The van der Waals surface area contributed by atoms with Crippen LogP contribution >= 0.6 is 0 Å². The van der Waals surface area contributed by atoms with Gasteiger partial charge in [-0.1, -0.05) is 54.6 Å². The predicted octanol–water partition coefficient (Wildman–Crippen LogP) is 4.70. The van der Waals surface area contributed by atoms with E-state index in [2.05, 4.69) is 34.5 Å². The lowest BCUT2D eigenvalue weighted by Crippen LogP contribution is -2.40. The Morgan fingerprint density at radius 2 is 1.57 bits per heavy atom. The molecule has 1 heterocycles. The van der Waals surface area contributed by atoms with E-state index in [1.165, 1.54) is 0 Å². The maximum absolute atomic E-state index is 12.8. The molecular formula is C26H26N2O2. The number of carbonyl (C=O) groups excluding carboxylic acids is 2. The molecule has 1 saturated heterocycles. The van der Waals surface area contributed by atoms with Crippen molar-refractivity contribution in [3.63, 3.8) is 0 Å². The van der Waals surface area contributed by atoms with E-state index in [1.807, 2.05) is 54.6 Å². The van der Waals surface area contributed by atoms with E-state index < -0.39 is 0 Å². The molecule has 4 heteroatoms. The van der Waals surface area contributed by atoms with Crippen LogP contribution in [0.4, 0.5) is 5.69 Å². The largest absolute Gasteiger partial charge is 0.371 e. The second kappa shape index (κ2) is 9.40. The molecule has 1 amide bonds. The number of nitrogens with one attached hydrogen (secondary N) is 1. The highest BCUT2D eigenvalue weighted by Gasteiger charge is 2.25. The van der Waals surface area contributed by atoms with Crippen molar-refractivity contribution in [2.45, 2.75) is 19.4 Å². The van der Waals surface area contributed by atoms with Gasteiger partial charge in [-0.15, -0.1) is 0 Å². The molecule has 0 aliphatic carbocycles. The molecule has 30 heavy (non-hydrogen) atoms. The average molecular weight is 399 g/mol. The SMILES string of the molecule is O=Cc1ccc(N2CCC(C(=O)NCc3ccccc3-c3ccccc3)CC2)cc1. The number of hydrogen-bond donors (Lipinski definition) is 1. The first kappa shape index (κ1) is 19.9. The van der Waals surface area contributed by atoms with Gasteiger partial charge in [0.2, 0.25) is 5.91 Å². The zero-order chi connectivity index (χ0) is 20.8. The topological polar surface area (TPSA) is 49.4 Å². The Kier molecular flexibility index (Phi) is 6.23. The van der Waals surface area contributed by atoms with Crippen molar-refractivity contribution in [1.82, 2.24) is 5.32 Å².